The molecule has 0 saturated heterocycles. The zero-order valence-corrected chi connectivity index (χ0v) is 17.6. The first-order chi connectivity index (χ1) is 14.0. The maximum Gasteiger partial charge on any atom is 0.310 e. The minimum atomic E-state index is -0.898. The molecule has 3 nitrogen and oxygen atoms in total. The van der Waals surface area contributed by atoms with E-state index < -0.39 is 17.7 Å². The van der Waals surface area contributed by atoms with Gasteiger partial charge in [-0.15, -0.1) is 0 Å². The van der Waals surface area contributed by atoms with E-state index in [-0.39, 0.29) is 5.56 Å². The number of carboxylic acids is 1. The summed E-state index contributed by atoms with van der Waals surface area (Å²) in [7, 11) is 0. The van der Waals surface area contributed by atoms with Gasteiger partial charge in [0.05, 0.1) is 11.5 Å². The first-order valence-electron chi connectivity index (χ1n) is 11.4. The lowest BCUT2D eigenvalue weighted by molar-refractivity contribution is -0.139. The molecule has 0 heterocycles. The topological polar surface area (TPSA) is 61.1 Å². The molecule has 0 radical (unpaired) electrons. The van der Waals surface area contributed by atoms with Gasteiger partial charge in [-0.05, 0) is 73.5 Å². The zero-order chi connectivity index (χ0) is 20.8. The molecule has 2 saturated carbocycles. The van der Waals surface area contributed by atoms with Gasteiger partial charge in [0.2, 0.25) is 0 Å². The highest BCUT2D eigenvalue weighted by atomic mass is 19.1. The molecule has 1 aromatic rings. The summed E-state index contributed by atoms with van der Waals surface area (Å²) >= 11 is 0. The Labute approximate surface area is 174 Å². The molecule has 158 valence electrons. The van der Waals surface area contributed by atoms with Crippen LogP contribution in [0.15, 0.2) is 18.2 Å². The summed E-state index contributed by atoms with van der Waals surface area (Å²) in [5, 5.41) is 18.6. The summed E-state index contributed by atoms with van der Waals surface area (Å²) in [6, 6.07) is 6.02. The van der Waals surface area contributed by atoms with Crippen molar-refractivity contribution in [3.8, 4) is 6.07 Å². The second-order valence-corrected chi connectivity index (χ2v) is 9.33. The summed E-state index contributed by atoms with van der Waals surface area (Å²) in [5.41, 5.74) is 0.442. The van der Waals surface area contributed by atoms with E-state index >= 15 is 0 Å². The normalized spacial score (nSPS) is 28.4. The van der Waals surface area contributed by atoms with Crippen LogP contribution < -0.4 is 0 Å². The Morgan fingerprint density at radius 3 is 2.17 bits per heavy atom. The summed E-state index contributed by atoms with van der Waals surface area (Å²) in [4.78, 5) is 11.8. The van der Waals surface area contributed by atoms with Crippen LogP contribution in [0.5, 0.6) is 0 Å². The van der Waals surface area contributed by atoms with Gasteiger partial charge in [0.15, 0.2) is 0 Å². The number of hydrogen-bond donors (Lipinski definition) is 1. The molecule has 4 heteroatoms. The Morgan fingerprint density at radius 1 is 1.10 bits per heavy atom. The van der Waals surface area contributed by atoms with Crippen LogP contribution in [0, 0.1) is 40.8 Å². The number of carboxylic acid groups (broad SMARTS) is 1. The van der Waals surface area contributed by atoms with Gasteiger partial charge in [0.25, 0.3) is 0 Å². The summed E-state index contributed by atoms with van der Waals surface area (Å²) in [6.07, 6.45) is 13.4. The van der Waals surface area contributed by atoms with E-state index in [1.54, 1.807) is 12.1 Å². The SMILES string of the molecule is CCCC1CCC(C2CCC(CC(C(=O)O)c3ccc(C#N)c(F)c3)CC2)CC1. The van der Waals surface area contributed by atoms with Gasteiger partial charge in [0, 0.05) is 0 Å². The molecule has 0 aliphatic heterocycles. The van der Waals surface area contributed by atoms with Gasteiger partial charge >= 0.3 is 5.97 Å². The molecule has 1 unspecified atom stereocenters. The fraction of sp³-hybridized carbons (Fsp3) is 0.680. The highest BCUT2D eigenvalue weighted by Gasteiger charge is 2.33. The summed E-state index contributed by atoms with van der Waals surface area (Å²) < 4.78 is 14.0. The molecule has 0 amide bonds. The van der Waals surface area contributed by atoms with E-state index in [4.69, 9.17) is 5.26 Å². The molecular weight excluding hydrogens is 365 g/mol. The number of nitriles is 1. The molecule has 2 fully saturated rings. The van der Waals surface area contributed by atoms with Crippen molar-refractivity contribution in [1.82, 2.24) is 0 Å². The maximum atomic E-state index is 14.0. The third-order valence-corrected chi connectivity index (χ3v) is 7.53. The monoisotopic (exact) mass is 399 g/mol. The van der Waals surface area contributed by atoms with Crippen LogP contribution in [0.25, 0.3) is 0 Å². The fourth-order valence-corrected chi connectivity index (χ4v) is 5.80. The Kier molecular flexibility index (Phi) is 7.70. The molecule has 0 bridgehead atoms. The molecule has 29 heavy (non-hydrogen) atoms. The Balaban J connectivity index is 1.53. The Bertz CT molecular complexity index is 725. The number of aliphatic carboxylic acids is 1. The van der Waals surface area contributed by atoms with Crippen molar-refractivity contribution < 1.29 is 14.3 Å². The quantitative estimate of drug-likeness (QED) is 0.557. The van der Waals surface area contributed by atoms with Gasteiger partial charge in [-0.2, -0.15) is 5.26 Å². The van der Waals surface area contributed by atoms with Crippen LogP contribution in [0.4, 0.5) is 4.39 Å². The lowest BCUT2D eigenvalue weighted by Gasteiger charge is -2.38. The standard InChI is InChI=1S/C25H34FNO2/c1-2-3-17-4-8-19(9-5-17)20-10-6-18(7-11-20)14-23(25(28)29)21-12-13-22(16-27)24(26)15-21/h12-13,15,17-20,23H,2-11,14H2,1H3,(H,28,29). The third-order valence-electron chi connectivity index (χ3n) is 7.53. The average Bonchev–Trinajstić information content (AvgIpc) is 2.73. The van der Waals surface area contributed by atoms with Gasteiger partial charge in [-0.25, -0.2) is 4.39 Å². The molecule has 0 spiro atoms. The van der Waals surface area contributed by atoms with Crippen molar-refractivity contribution in [3.63, 3.8) is 0 Å². The predicted molar refractivity (Wildman–Crippen MR) is 112 cm³/mol. The number of rotatable bonds is 7. The van der Waals surface area contributed by atoms with Crippen LogP contribution in [0.1, 0.15) is 94.6 Å². The number of benzene rings is 1. The van der Waals surface area contributed by atoms with E-state index in [2.05, 4.69) is 6.92 Å². The maximum absolute atomic E-state index is 14.0. The number of hydrogen-bond acceptors (Lipinski definition) is 2. The van der Waals surface area contributed by atoms with Crippen LogP contribution in [0.2, 0.25) is 0 Å². The van der Waals surface area contributed by atoms with Crippen molar-refractivity contribution in [2.75, 3.05) is 0 Å². The van der Waals surface area contributed by atoms with Crippen molar-refractivity contribution in [2.45, 2.75) is 83.5 Å². The molecule has 1 aromatic carbocycles. The van der Waals surface area contributed by atoms with Crippen LogP contribution in [0.3, 0.4) is 0 Å². The van der Waals surface area contributed by atoms with E-state index in [0.29, 0.717) is 17.9 Å². The second kappa shape index (κ2) is 10.2. The van der Waals surface area contributed by atoms with Crippen molar-refractivity contribution in [3.05, 3.63) is 35.1 Å². The van der Waals surface area contributed by atoms with Gasteiger partial charge in [-0.1, -0.05) is 51.5 Å². The molecule has 0 aromatic heterocycles. The van der Waals surface area contributed by atoms with E-state index in [0.717, 1.165) is 30.6 Å². The highest BCUT2D eigenvalue weighted by Crippen LogP contribution is 2.44. The Morgan fingerprint density at radius 2 is 1.69 bits per heavy atom. The van der Waals surface area contributed by atoms with Crippen molar-refractivity contribution in [1.29, 1.82) is 5.26 Å². The highest BCUT2D eigenvalue weighted by molar-refractivity contribution is 5.76. The minimum Gasteiger partial charge on any atom is -0.481 e. The van der Waals surface area contributed by atoms with E-state index in [1.807, 2.05) is 0 Å². The van der Waals surface area contributed by atoms with Gasteiger partial charge in [-0.3, -0.25) is 4.79 Å². The lowest BCUT2D eigenvalue weighted by Crippen LogP contribution is -2.27. The predicted octanol–water partition coefficient (Wildman–Crippen LogP) is 6.67. The van der Waals surface area contributed by atoms with Gasteiger partial charge in [0.1, 0.15) is 11.9 Å². The van der Waals surface area contributed by atoms with E-state index in [9.17, 15) is 14.3 Å². The second-order valence-electron chi connectivity index (χ2n) is 9.33. The smallest absolute Gasteiger partial charge is 0.310 e. The lowest BCUT2D eigenvalue weighted by atomic mass is 9.67. The molecule has 3 rings (SSSR count). The molecule has 1 atom stereocenters. The zero-order valence-electron chi connectivity index (χ0n) is 17.6. The third kappa shape index (κ3) is 5.59. The molecule has 2 aliphatic carbocycles. The van der Waals surface area contributed by atoms with Crippen molar-refractivity contribution >= 4 is 5.97 Å². The summed E-state index contributed by atoms with van der Waals surface area (Å²) in [5.74, 6) is 0.794. The number of carbonyl (C=O) groups is 1. The van der Waals surface area contributed by atoms with Crippen LogP contribution in [-0.2, 0) is 4.79 Å². The first-order valence-corrected chi connectivity index (χ1v) is 11.4. The van der Waals surface area contributed by atoms with Crippen LogP contribution >= 0.6 is 0 Å². The minimum absolute atomic E-state index is 0.0351. The largest absolute Gasteiger partial charge is 0.481 e. The summed E-state index contributed by atoms with van der Waals surface area (Å²) in [6.45, 7) is 2.28. The Hall–Kier alpha value is -1.89. The number of nitrogens with zero attached hydrogens (tertiary/aromatic N) is 1. The average molecular weight is 400 g/mol. The molecule has 1 N–H and O–H groups in total. The molecule has 2 aliphatic rings. The fourth-order valence-electron chi connectivity index (χ4n) is 5.80. The van der Waals surface area contributed by atoms with Gasteiger partial charge < -0.3 is 5.11 Å². The molecular formula is C25H34FNO2. The van der Waals surface area contributed by atoms with Crippen LogP contribution in [-0.4, -0.2) is 11.1 Å². The number of halogens is 1. The van der Waals surface area contributed by atoms with Crippen molar-refractivity contribution in [2.24, 2.45) is 23.7 Å². The van der Waals surface area contributed by atoms with E-state index in [1.165, 1.54) is 63.5 Å². The first kappa shape index (κ1) is 21.8.